The second-order valence-corrected chi connectivity index (χ2v) is 7.50. The molecule has 0 aliphatic carbocycles. The Kier molecular flexibility index (Phi) is 3.91. The highest BCUT2D eigenvalue weighted by atomic mass is 32.2. The van der Waals surface area contributed by atoms with Gasteiger partial charge < -0.3 is 0 Å². The number of amides is 3. The van der Waals surface area contributed by atoms with Crippen molar-refractivity contribution in [3.8, 4) is 0 Å². The summed E-state index contributed by atoms with van der Waals surface area (Å²) in [6.45, 7) is 2.28. The van der Waals surface area contributed by atoms with E-state index in [2.05, 4.69) is 0 Å². The van der Waals surface area contributed by atoms with Crippen molar-refractivity contribution in [3.05, 3.63) is 29.6 Å². The van der Waals surface area contributed by atoms with E-state index in [0.717, 1.165) is 19.9 Å². The summed E-state index contributed by atoms with van der Waals surface area (Å²) >= 11 is 0. The maximum atomic E-state index is 13.4. The van der Waals surface area contributed by atoms with Gasteiger partial charge in [0, 0.05) is 0 Å². The molecular formula is C13H12F4N2O4S. The molecule has 24 heavy (non-hydrogen) atoms. The van der Waals surface area contributed by atoms with E-state index in [-0.39, 0.29) is 15.3 Å². The Labute approximate surface area is 134 Å². The molecule has 0 saturated carbocycles. The molecule has 0 bridgehead atoms. The first-order valence-corrected chi connectivity index (χ1v) is 8.29. The third-order valence-electron chi connectivity index (χ3n) is 3.44. The van der Waals surface area contributed by atoms with Gasteiger partial charge >= 0.3 is 12.2 Å². The van der Waals surface area contributed by atoms with Gasteiger partial charge in [0.1, 0.15) is 11.4 Å². The minimum Gasteiger partial charge on any atom is -0.271 e. The zero-order valence-corrected chi connectivity index (χ0v) is 13.5. The van der Waals surface area contributed by atoms with Crippen molar-refractivity contribution >= 4 is 27.6 Å². The number of nitrogens with zero attached hydrogens (tertiary/aromatic N) is 2. The quantitative estimate of drug-likeness (QED) is 0.593. The molecule has 1 aromatic rings. The van der Waals surface area contributed by atoms with Crippen LogP contribution in [0, 0.1) is 5.82 Å². The average molecular weight is 368 g/mol. The fourth-order valence-corrected chi connectivity index (χ4v) is 3.70. The van der Waals surface area contributed by atoms with Crippen LogP contribution in [0.3, 0.4) is 0 Å². The number of halogens is 4. The second kappa shape index (κ2) is 5.16. The van der Waals surface area contributed by atoms with E-state index in [4.69, 9.17) is 0 Å². The summed E-state index contributed by atoms with van der Waals surface area (Å²) in [6.07, 6.45) is -4.35. The van der Waals surface area contributed by atoms with Crippen LogP contribution in [0.5, 0.6) is 0 Å². The van der Waals surface area contributed by atoms with Crippen LogP contribution >= 0.6 is 0 Å². The van der Waals surface area contributed by atoms with Gasteiger partial charge in [0.2, 0.25) is 10.0 Å². The van der Waals surface area contributed by atoms with Gasteiger partial charge in [-0.15, -0.1) is 0 Å². The summed E-state index contributed by atoms with van der Waals surface area (Å²) < 4.78 is 75.5. The van der Waals surface area contributed by atoms with Crippen molar-refractivity contribution in [1.82, 2.24) is 4.31 Å². The molecule has 0 N–H and O–H groups in total. The lowest BCUT2D eigenvalue weighted by Gasteiger charge is -2.24. The lowest BCUT2D eigenvalue weighted by atomic mass is 10.1. The predicted octanol–water partition coefficient (Wildman–Crippen LogP) is 2.35. The summed E-state index contributed by atoms with van der Waals surface area (Å²) in [4.78, 5) is 25.0. The summed E-state index contributed by atoms with van der Waals surface area (Å²) in [6, 6.07) is 0.205. The lowest BCUT2D eigenvalue weighted by molar-refractivity contribution is -0.140. The fraction of sp³-hybridized carbons (Fsp3) is 0.385. The van der Waals surface area contributed by atoms with E-state index >= 15 is 0 Å². The highest BCUT2D eigenvalue weighted by Gasteiger charge is 2.56. The number of hydrogen-bond donors (Lipinski definition) is 0. The Balaban J connectivity index is 2.62. The first-order valence-electron chi connectivity index (χ1n) is 6.44. The van der Waals surface area contributed by atoms with E-state index < -0.39 is 50.7 Å². The number of benzene rings is 1. The van der Waals surface area contributed by atoms with Gasteiger partial charge in [-0.3, -0.25) is 4.79 Å². The zero-order chi connectivity index (χ0) is 18.7. The zero-order valence-electron chi connectivity index (χ0n) is 12.7. The number of hydrogen-bond acceptors (Lipinski definition) is 4. The van der Waals surface area contributed by atoms with Crippen molar-refractivity contribution < 1.29 is 35.6 Å². The maximum absolute atomic E-state index is 13.4. The number of anilines is 1. The van der Waals surface area contributed by atoms with Crippen molar-refractivity contribution in [2.24, 2.45) is 0 Å². The highest BCUT2D eigenvalue weighted by molar-refractivity contribution is 7.89. The molecule has 1 aromatic carbocycles. The molecule has 132 valence electrons. The van der Waals surface area contributed by atoms with Gasteiger partial charge in [-0.2, -0.15) is 13.2 Å². The van der Waals surface area contributed by atoms with Crippen LogP contribution in [0.4, 0.5) is 28.0 Å². The van der Waals surface area contributed by atoms with E-state index in [9.17, 15) is 35.6 Å². The molecule has 0 radical (unpaired) electrons. The molecule has 0 spiro atoms. The van der Waals surface area contributed by atoms with Crippen LogP contribution in [0.25, 0.3) is 0 Å². The highest BCUT2D eigenvalue weighted by Crippen LogP contribution is 2.38. The molecule has 1 aliphatic heterocycles. The summed E-state index contributed by atoms with van der Waals surface area (Å²) in [5.41, 5.74) is -4.06. The normalized spacial score (nSPS) is 18.5. The fourth-order valence-electron chi connectivity index (χ4n) is 2.43. The Morgan fingerprint density at radius 2 is 1.67 bits per heavy atom. The van der Waals surface area contributed by atoms with Crippen molar-refractivity contribution in [3.63, 3.8) is 0 Å². The number of alkyl halides is 3. The smallest absolute Gasteiger partial charge is 0.271 e. The molecule has 0 unspecified atom stereocenters. The first kappa shape index (κ1) is 18.2. The van der Waals surface area contributed by atoms with Gasteiger partial charge in [0.15, 0.2) is 0 Å². The molecular weight excluding hydrogens is 356 g/mol. The predicted molar refractivity (Wildman–Crippen MR) is 75.0 cm³/mol. The third-order valence-corrected chi connectivity index (χ3v) is 4.72. The van der Waals surface area contributed by atoms with Crippen LogP contribution in [0.15, 0.2) is 18.2 Å². The van der Waals surface area contributed by atoms with E-state index in [0.29, 0.717) is 12.3 Å². The second-order valence-electron chi connectivity index (χ2n) is 5.67. The number of imide groups is 1. The SMILES string of the molecule is CC1(C)C(=O)N(c2ccc(F)c(C(F)(F)F)c2)C(=O)N1S(C)(=O)=O. The third kappa shape index (κ3) is 2.72. The van der Waals surface area contributed by atoms with Crippen LogP contribution in [-0.2, 0) is 21.0 Å². The first-order chi connectivity index (χ1) is 10.7. The molecule has 1 heterocycles. The van der Waals surface area contributed by atoms with Gasteiger partial charge in [-0.1, -0.05) is 0 Å². The van der Waals surface area contributed by atoms with Gasteiger partial charge in [0.25, 0.3) is 5.91 Å². The van der Waals surface area contributed by atoms with Crippen LogP contribution < -0.4 is 4.90 Å². The lowest BCUT2D eigenvalue weighted by Crippen LogP contribution is -2.47. The minimum atomic E-state index is -5.04. The molecule has 11 heteroatoms. The molecule has 1 saturated heterocycles. The number of rotatable bonds is 2. The molecule has 1 aliphatic rings. The maximum Gasteiger partial charge on any atom is 0.419 e. The van der Waals surface area contributed by atoms with Crippen molar-refractivity contribution in [2.45, 2.75) is 25.6 Å². The molecule has 0 atom stereocenters. The van der Waals surface area contributed by atoms with Crippen molar-refractivity contribution in [2.75, 3.05) is 11.2 Å². The topological polar surface area (TPSA) is 74.8 Å². The molecule has 6 nitrogen and oxygen atoms in total. The Morgan fingerprint density at radius 3 is 2.08 bits per heavy atom. The Hall–Kier alpha value is -2.17. The van der Waals surface area contributed by atoms with Gasteiger partial charge in [-0.25, -0.2) is 26.8 Å². The van der Waals surface area contributed by atoms with Crippen LogP contribution in [0.1, 0.15) is 19.4 Å². The summed E-state index contributed by atoms with van der Waals surface area (Å²) in [5, 5.41) is 0. The molecule has 3 amide bonds. The number of carbonyl (C=O) groups is 2. The molecule has 2 rings (SSSR count). The Bertz CT molecular complexity index is 833. The summed E-state index contributed by atoms with van der Waals surface area (Å²) in [7, 11) is -4.15. The van der Waals surface area contributed by atoms with Crippen LogP contribution in [0.2, 0.25) is 0 Å². The van der Waals surface area contributed by atoms with E-state index in [1.807, 2.05) is 0 Å². The monoisotopic (exact) mass is 368 g/mol. The largest absolute Gasteiger partial charge is 0.419 e. The van der Waals surface area contributed by atoms with Gasteiger partial charge in [0.05, 0.1) is 17.5 Å². The Morgan fingerprint density at radius 1 is 1.12 bits per heavy atom. The van der Waals surface area contributed by atoms with Crippen LogP contribution in [-0.4, -0.2) is 36.5 Å². The number of sulfonamides is 1. The minimum absolute atomic E-state index is 0.277. The molecule has 1 fully saturated rings. The van der Waals surface area contributed by atoms with Gasteiger partial charge in [-0.05, 0) is 32.0 Å². The molecule has 0 aromatic heterocycles. The number of urea groups is 1. The van der Waals surface area contributed by atoms with E-state index in [1.54, 1.807) is 0 Å². The number of carbonyl (C=O) groups excluding carboxylic acids is 2. The average Bonchev–Trinajstić information content (AvgIpc) is 2.55. The summed E-state index contributed by atoms with van der Waals surface area (Å²) in [5.74, 6) is -2.62. The van der Waals surface area contributed by atoms with E-state index in [1.165, 1.54) is 0 Å². The standard InChI is InChI=1S/C13H12F4N2O4S/c1-12(2)10(20)18(11(21)19(12)24(3,22)23)7-4-5-9(14)8(6-7)13(15,16)17/h4-6H,1-3H3. The van der Waals surface area contributed by atoms with Crippen molar-refractivity contribution in [1.29, 1.82) is 0 Å².